The van der Waals surface area contributed by atoms with E-state index < -0.39 is 0 Å². The molecular weight excluding hydrogens is 362 g/mol. The first-order valence-electron chi connectivity index (χ1n) is 10.3. The fourth-order valence-corrected chi connectivity index (χ4v) is 3.44. The molecule has 0 aliphatic heterocycles. The summed E-state index contributed by atoms with van der Waals surface area (Å²) < 4.78 is 8.24. The molecule has 1 N–H and O–H groups in total. The number of aliphatic hydroxyl groups is 1. The normalized spacial score (nSPS) is 12.3. The lowest BCUT2D eigenvalue weighted by molar-refractivity contribution is 0.122. The lowest BCUT2D eigenvalue weighted by Gasteiger charge is -2.23. The molecule has 1 heterocycles. The Bertz CT molecular complexity index is 902. The van der Waals surface area contributed by atoms with Gasteiger partial charge in [0, 0.05) is 13.1 Å². The average molecular weight is 394 g/mol. The van der Waals surface area contributed by atoms with Crippen LogP contribution < -0.4 is 4.74 Å². The van der Waals surface area contributed by atoms with Crippen LogP contribution in [0.3, 0.4) is 0 Å². The highest BCUT2D eigenvalue weighted by Gasteiger charge is 2.21. The Kier molecular flexibility index (Phi) is 7.07. The number of hydrogen-bond donors (Lipinski definition) is 1. The van der Waals surface area contributed by atoms with Crippen LogP contribution in [-0.4, -0.2) is 39.0 Å². The first kappa shape index (κ1) is 21.1. The van der Waals surface area contributed by atoms with Gasteiger partial charge in [-0.1, -0.05) is 42.8 Å². The molecule has 29 heavy (non-hydrogen) atoms. The van der Waals surface area contributed by atoms with Crippen LogP contribution >= 0.6 is 0 Å². The highest BCUT2D eigenvalue weighted by atomic mass is 16.5. The number of para-hydroxylation sites is 1. The number of hydrogen-bond acceptors (Lipinski definition) is 4. The maximum atomic E-state index is 9.92. The minimum atomic E-state index is -0.382. The average Bonchev–Trinajstić information content (AvgIpc) is 3.00. The van der Waals surface area contributed by atoms with E-state index >= 15 is 0 Å². The second kappa shape index (κ2) is 9.72. The van der Waals surface area contributed by atoms with Gasteiger partial charge in [-0.2, -0.15) is 5.10 Å². The summed E-state index contributed by atoms with van der Waals surface area (Å²) in [5, 5.41) is 14.7. The smallest absolute Gasteiger partial charge is 0.227 e. The number of nitrogens with zero attached hydrogens (tertiary/aromatic N) is 3. The van der Waals surface area contributed by atoms with E-state index in [9.17, 15) is 5.11 Å². The van der Waals surface area contributed by atoms with Crippen LogP contribution in [0.1, 0.15) is 37.1 Å². The quantitative estimate of drug-likeness (QED) is 0.563. The first-order chi connectivity index (χ1) is 14.0. The second-order valence-electron chi connectivity index (χ2n) is 7.62. The van der Waals surface area contributed by atoms with E-state index in [0.29, 0.717) is 13.1 Å². The number of aryl methyl sites for hydroxylation is 2. The molecule has 5 heteroatoms. The predicted octanol–water partition coefficient (Wildman–Crippen LogP) is 4.87. The highest BCUT2D eigenvalue weighted by molar-refractivity contribution is 5.43. The molecule has 0 spiro atoms. The minimum Gasteiger partial charge on any atom is -0.439 e. The minimum absolute atomic E-state index is 0.382. The van der Waals surface area contributed by atoms with Gasteiger partial charge in [0.2, 0.25) is 5.88 Å². The van der Waals surface area contributed by atoms with Gasteiger partial charge in [-0.3, -0.25) is 4.90 Å². The van der Waals surface area contributed by atoms with E-state index in [-0.39, 0.29) is 6.10 Å². The van der Waals surface area contributed by atoms with Crippen molar-refractivity contribution in [2.75, 3.05) is 13.1 Å². The van der Waals surface area contributed by atoms with Crippen LogP contribution in [0.4, 0.5) is 0 Å². The summed E-state index contributed by atoms with van der Waals surface area (Å²) in [6.07, 6.45) is 0.639. The topological polar surface area (TPSA) is 50.5 Å². The van der Waals surface area contributed by atoms with Crippen molar-refractivity contribution in [2.45, 2.75) is 46.8 Å². The van der Waals surface area contributed by atoms with Crippen LogP contribution in [0.25, 0.3) is 5.69 Å². The SMILES string of the molecule is CCCN(Cc1c(C)nn(-c2ccccc2)c1Oc1ccc(C)cc1)C[C@@H](C)O. The van der Waals surface area contributed by atoms with E-state index in [1.165, 1.54) is 5.56 Å². The molecule has 154 valence electrons. The largest absolute Gasteiger partial charge is 0.439 e. The number of aliphatic hydroxyl groups excluding tert-OH is 1. The van der Waals surface area contributed by atoms with E-state index in [1.807, 2.05) is 73.1 Å². The summed E-state index contributed by atoms with van der Waals surface area (Å²) in [5.41, 5.74) is 4.13. The molecule has 1 atom stereocenters. The van der Waals surface area contributed by atoms with E-state index in [0.717, 1.165) is 41.5 Å². The van der Waals surface area contributed by atoms with Crippen LogP contribution in [-0.2, 0) is 6.54 Å². The molecule has 0 aliphatic rings. The maximum Gasteiger partial charge on any atom is 0.227 e. The third-order valence-corrected chi connectivity index (χ3v) is 4.82. The molecule has 0 radical (unpaired) electrons. The third-order valence-electron chi connectivity index (χ3n) is 4.82. The molecule has 0 aliphatic carbocycles. The molecule has 0 fully saturated rings. The zero-order valence-corrected chi connectivity index (χ0v) is 17.8. The molecule has 0 bridgehead atoms. The Balaban J connectivity index is 2.01. The van der Waals surface area contributed by atoms with Crippen LogP contribution in [0.15, 0.2) is 54.6 Å². The summed E-state index contributed by atoms with van der Waals surface area (Å²) in [4.78, 5) is 2.26. The monoisotopic (exact) mass is 393 g/mol. The van der Waals surface area contributed by atoms with Crippen molar-refractivity contribution in [1.29, 1.82) is 0 Å². The summed E-state index contributed by atoms with van der Waals surface area (Å²) in [6, 6.07) is 18.1. The molecule has 0 saturated heterocycles. The lowest BCUT2D eigenvalue weighted by Crippen LogP contribution is -2.31. The zero-order chi connectivity index (χ0) is 20.8. The highest BCUT2D eigenvalue weighted by Crippen LogP contribution is 2.31. The fraction of sp³-hybridized carbons (Fsp3) is 0.375. The van der Waals surface area contributed by atoms with Crippen LogP contribution in [0.2, 0.25) is 0 Å². The lowest BCUT2D eigenvalue weighted by atomic mass is 10.2. The fourth-order valence-electron chi connectivity index (χ4n) is 3.44. The molecule has 0 saturated carbocycles. The van der Waals surface area contributed by atoms with E-state index in [1.54, 1.807) is 0 Å². The summed E-state index contributed by atoms with van der Waals surface area (Å²) >= 11 is 0. The summed E-state index contributed by atoms with van der Waals surface area (Å²) in [6.45, 7) is 10.3. The zero-order valence-electron chi connectivity index (χ0n) is 17.8. The van der Waals surface area contributed by atoms with Gasteiger partial charge in [-0.05, 0) is 58.0 Å². The number of rotatable bonds is 9. The van der Waals surface area contributed by atoms with Gasteiger partial charge in [-0.15, -0.1) is 0 Å². The van der Waals surface area contributed by atoms with Gasteiger partial charge in [0.25, 0.3) is 0 Å². The molecule has 1 aromatic heterocycles. The molecule has 3 rings (SSSR count). The van der Waals surface area contributed by atoms with Crippen molar-refractivity contribution < 1.29 is 9.84 Å². The molecular formula is C24H31N3O2. The van der Waals surface area contributed by atoms with Gasteiger partial charge < -0.3 is 9.84 Å². The Hall–Kier alpha value is -2.63. The summed E-state index contributed by atoms with van der Waals surface area (Å²) in [7, 11) is 0. The third kappa shape index (κ3) is 5.46. The second-order valence-corrected chi connectivity index (χ2v) is 7.62. The van der Waals surface area contributed by atoms with E-state index in [4.69, 9.17) is 9.84 Å². The van der Waals surface area contributed by atoms with Gasteiger partial charge in [-0.25, -0.2) is 4.68 Å². The van der Waals surface area contributed by atoms with Crippen molar-refractivity contribution in [3.8, 4) is 17.3 Å². The van der Waals surface area contributed by atoms with Crippen molar-refractivity contribution in [2.24, 2.45) is 0 Å². The molecule has 2 aromatic carbocycles. The Morgan fingerprint density at radius 1 is 1.07 bits per heavy atom. The van der Waals surface area contributed by atoms with Gasteiger partial charge in [0.1, 0.15) is 5.75 Å². The first-order valence-corrected chi connectivity index (χ1v) is 10.3. The maximum absolute atomic E-state index is 9.92. The molecule has 3 aromatic rings. The van der Waals surface area contributed by atoms with Crippen molar-refractivity contribution >= 4 is 0 Å². The van der Waals surface area contributed by atoms with Gasteiger partial charge >= 0.3 is 0 Å². The Morgan fingerprint density at radius 2 is 1.76 bits per heavy atom. The van der Waals surface area contributed by atoms with Crippen molar-refractivity contribution in [3.05, 3.63) is 71.4 Å². The standard InChI is InChI=1S/C24H31N3O2/c1-5-15-26(16-19(3)28)17-23-20(4)25-27(21-9-7-6-8-10-21)24(23)29-22-13-11-18(2)12-14-22/h6-14,19,28H,5,15-17H2,1-4H3/t19-/m1/s1. The van der Waals surface area contributed by atoms with Crippen molar-refractivity contribution in [1.82, 2.24) is 14.7 Å². The Morgan fingerprint density at radius 3 is 2.38 bits per heavy atom. The number of benzene rings is 2. The van der Waals surface area contributed by atoms with Gasteiger partial charge in [0.05, 0.1) is 23.0 Å². The van der Waals surface area contributed by atoms with Crippen LogP contribution in [0, 0.1) is 13.8 Å². The Labute approximate surface area is 173 Å². The van der Waals surface area contributed by atoms with E-state index in [2.05, 4.69) is 18.7 Å². The van der Waals surface area contributed by atoms with Crippen molar-refractivity contribution in [3.63, 3.8) is 0 Å². The van der Waals surface area contributed by atoms with Crippen LogP contribution in [0.5, 0.6) is 11.6 Å². The number of aromatic nitrogens is 2. The summed E-state index contributed by atoms with van der Waals surface area (Å²) in [5.74, 6) is 1.51. The number of ether oxygens (including phenoxy) is 1. The molecule has 0 amide bonds. The molecule has 0 unspecified atom stereocenters. The van der Waals surface area contributed by atoms with Gasteiger partial charge in [0.15, 0.2) is 0 Å². The predicted molar refractivity (Wildman–Crippen MR) is 117 cm³/mol. The molecule has 5 nitrogen and oxygen atoms in total.